The Hall–Kier alpha value is -4.90. The van der Waals surface area contributed by atoms with Gasteiger partial charge >= 0.3 is 0 Å². The lowest BCUT2D eigenvalue weighted by Gasteiger charge is -2.30. The van der Waals surface area contributed by atoms with Crippen molar-refractivity contribution in [3.8, 4) is 0 Å². The second kappa shape index (κ2) is 26.7. The van der Waals surface area contributed by atoms with Crippen LogP contribution in [0.15, 0.2) is 24.3 Å². The predicted molar refractivity (Wildman–Crippen MR) is 231 cm³/mol. The third-order valence-corrected chi connectivity index (χ3v) is 12.8. The maximum Gasteiger partial charge on any atom is 0.253 e. The average Bonchev–Trinajstić information content (AvgIpc) is 3.76. The summed E-state index contributed by atoms with van der Waals surface area (Å²) in [4.78, 5) is 127. The van der Waals surface area contributed by atoms with Gasteiger partial charge in [0.25, 0.3) is 23.6 Å². The van der Waals surface area contributed by atoms with Crippen molar-refractivity contribution in [1.82, 2.24) is 25.8 Å². The quantitative estimate of drug-likeness (QED) is 0.0625. The lowest BCUT2D eigenvalue weighted by molar-refractivity contribution is -0.139. The number of carbonyl (C=O) groups excluding carboxylic acids is 10. The molecule has 5 N–H and O–H groups in total. The minimum Gasteiger partial charge on any atom is -0.379 e. The van der Waals surface area contributed by atoms with Crippen molar-refractivity contribution in [2.24, 2.45) is 35.3 Å². The first kappa shape index (κ1) is 50.7. The molecular formula is C46H68N6O11. The molecule has 4 aliphatic rings. The van der Waals surface area contributed by atoms with E-state index in [1.807, 2.05) is 0 Å². The normalized spacial score (nSPS) is 22.0. The van der Waals surface area contributed by atoms with Gasteiger partial charge in [0.15, 0.2) is 5.78 Å². The summed E-state index contributed by atoms with van der Waals surface area (Å²) >= 11 is 0. The van der Waals surface area contributed by atoms with Gasteiger partial charge in [-0.1, -0.05) is 19.3 Å². The number of hydrogen-bond acceptors (Lipinski definition) is 12. The first-order chi connectivity index (χ1) is 30.2. The van der Waals surface area contributed by atoms with E-state index in [0.717, 1.165) is 38.5 Å². The van der Waals surface area contributed by atoms with E-state index in [0.29, 0.717) is 83.8 Å². The summed E-state index contributed by atoms with van der Waals surface area (Å²) in [5.41, 5.74) is 5.28. The van der Waals surface area contributed by atoms with Gasteiger partial charge in [-0.15, -0.1) is 0 Å². The van der Waals surface area contributed by atoms with Crippen LogP contribution in [0.4, 0.5) is 0 Å². The van der Waals surface area contributed by atoms with Gasteiger partial charge in [-0.3, -0.25) is 57.7 Å². The van der Waals surface area contributed by atoms with Crippen molar-refractivity contribution in [2.45, 2.75) is 129 Å². The lowest BCUT2D eigenvalue weighted by Crippen LogP contribution is -2.43. The van der Waals surface area contributed by atoms with Crippen molar-refractivity contribution in [3.63, 3.8) is 0 Å². The number of rotatable bonds is 29. The Morgan fingerprint density at radius 3 is 1.78 bits per heavy atom. The van der Waals surface area contributed by atoms with Gasteiger partial charge in [0.2, 0.25) is 17.7 Å². The Bertz CT molecular complexity index is 1680. The summed E-state index contributed by atoms with van der Waals surface area (Å²) in [7, 11) is 0. The second-order valence-corrected chi connectivity index (χ2v) is 17.6. The third kappa shape index (κ3) is 17.3. The Balaban J connectivity index is 1.16. The maximum atomic E-state index is 13.7. The van der Waals surface area contributed by atoms with E-state index in [2.05, 4.69) is 16.0 Å². The number of nitrogens with zero attached hydrogens (tertiary/aromatic N) is 2. The van der Waals surface area contributed by atoms with Gasteiger partial charge in [0.05, 0.1) is 25.8 Å². The Morgan fingerprint density at radius 1 is 0.667 bits per heavy atom. The molecule has 7 amide bonds. The first-order valence-electron chi connectivity index (χ1n) is 23.0. The number of ether oxygens (including phenoxy) is 1. The molecule has 0 aromatic heterocycles. The van der Waals surface area contributed by atoms with Crippen molar-refractivity contribution < 1.29 is 52.7 Å². The minimum atomic E-state index is -0.736. The summed E-state index contributed by atoms with van der Waals surface area (Å²) in [5.74, 6) is -2.57. The summed E-state index contributed by atoms with van der Waals surface area (Å²) in [5, 5.41) is 8.48. The van der Waals surface area contributed by atoms with Crippen LogP contribution in [0, 0.1) is 29.6 Å². The van der Waals surface area contributed by atoms with Gasteiger partial charge in [-0.25, -0.2) is 0 Å². The molecule has 0 radical (unpaired) electrons. The smallest absolute Gasteiger partial charge is 0.253 e. The number of amides is 7. The zero-order chi connectivity index (χ0) is 45.7. The standard InChI is InChI=1S/C46H68N6O11/c1-31(53)38(8-3-2-4-9-39(55)34-14-10-32(11-15-34)29-51-41(57)18-19-42(51)58)50-46(62)36(27-37(54)22-25-63-26-24-48-40(56)28-47)7-5-6-23-49-45(61)35-16-12-33(13-17-35)30-52-43(59)20-21-44(52)60/h18-21,32-36,38H,2-17,22-30,47H2,1H3,(H,48,56)(H,49,61)(H,50,62). The van der Waals surface area contributed by atoms with Crippen LogP contribution < -0.4 is 21.7 Å². The Morgan fingerprint density at radius 2 is 1.22 bits per heavy atom. The molecule has 63 heavy (non-hydrogen) atoms. The largest absolute Gasteiger partial charge is 0.379 e. The molecule has 2 atom stereocenters. The molecule has 0 saturated heterocycles. The topological polar surface area (TPSA) is 249 Å². The summed E-state index contributed by atoms with van der Waals surface area (Å²) in [6, 6.07) is -0.736. The second-order valence-electron chi connectivity index (χ2n) is 17.6. The highest BCUT2D eigenvalue weighted by Gasteiger charge is 2.33. The fourth-order valence-electron chi connectivity index (χ4n) is 8.91. The van der Waals surface area contributed by atoms with Crippen LogP contribution in [0.5, 0.6) is 0 Å². The molecule has 2 unspecified atom stereocenters. The van der Waals surface area contributed by atoms with Gasteiger partial charge in [-0.05, 0) is 95.8 Å². The molecule has 0 aromatic rings. The molecule has 17 nitrogen and oxygen atoms in total. The first-order valence-corrected chi connectivity index (χ1v) is 23.0. The summed E-state index contributed by atoms with van der Waals surface area (Å²) in [6.07, 6.45) is 15.4. The fourth-order valence-corrected chi connectivity index (χ4v) is 8.91. The maximum absolute atomic E-state index is 13.7. The molecule has 2 saturated carbocycles. The number of nitrogens with two attached hydrogens (primary N) is 1. The van der Waals surface area contributed by atoms with Crippen LogP contribution in [0.25, 0.3) is 0 Å². The van der Waals surface area contributed by atoms with Crippen LogP contribution in [-0.2, 0) is 52.7 Å². The molecule has 2 aliphatic heterocycles. The Labute approximate surface area is 370 Å². The molecular weight excluding hydrogens is 813 g/mol. The van der Waals surface area contributed by atoms with E-state index in [9.17, 15) is 47.9 Å². The SMILES string of the molecule is CC(=O)C(CCCCCC(=O)C1CCC(CN2C(=O)C=CC2=O)CC1)NC(=O)C(CCCCNC(=O)C1CCC(CN2C(=O)C=CC2=O)CC1)CC(=O)CCOCCNC(=O)CN. The highest BCUT2D eigenvalue weighted by atomic mass is 16.5. The highest BCUT2D eigenvalue weighted by Crippen LogP contribution is 2.32. The number of carbonyl (C=O) groups is 10. The number of hydrogen-bond donors (Lipinski definition) is 4. The van der Waals surface area contributed by atoms with E-state index in [4.69, 9.17) is 10.5 Å². The minimum absolute atomic E-state index is 0.0301. The summed E-state index contributed by atoms with van der Waals surface area (Å²) < 4.78 is 5.47. The molecule has 17 heteroatoms. The average molecular weight is 881 g/mol. The number of Topliss-reactive ketones (excluding diaryl/α,β-unsaturated/α-hetero) is 3. The molecule has 2 aliphatic carbocycles. The van der Waals surface area contributed by atoms with Crippen LogP contribution in [-0.4, -0.2) is 120 Å². The van der Waals surface area contributed by atoms with Crippen LogP contribution in [0.1, 0.15) is 122 Å². The van der Waals surface area contributed by atoms with Crippen molar-refractivity contribution in [2.75, 3.05) is 45.9 Å². The number of imide groups is 2. The highest BCUT2D eigenvalue weighted by molar-refractivity contribution is 6.13. The van der Waals surface area contributed by atoms with Gasteiger partial charge in [-0.2, -0.15) is 0 Å². The zero-order valence-corrected chi connectivity index (χ0v) is 36.9. The lowest BCUT2D eigenvalue weighted by atomic mass is 9.79. The van der Waals surface area contributed by atoms with E-state index >= 15 is 0 Å². The van der Waals surface area contributed by atoms with Gasteiger partial charge in [0, 0.05) is 87.5 Å². The van der Waals surface area contributed by atoms with Crippen molar-refractivity contribution >= 4 is 58.7 Å². The molecule has 4 rings (SSSR count). The Kier molecular flexibility index (Phi) is 21.5. The fraction of sp³-hybridized carbons (Fsp3) is 0.696. The number of nitrogens with one attached hydrogen (secondary N) is 3. The van der Waals surface area contributed by atoms with Crippen LogP contribution >= 0.6 is 0 Å². The van der Waals surface area contributed by atoms with Gasteiger partial charge in [0.1, 0.15) is 11.6 Å². The molecule has 2 heterocycles. The number of unbranched alkanes of at least 4 members (excludes halogenated alkanes) is 3. The third-order valence-electron chi connectivity index (χ3n) is 12.8. The zero-order valence-electron chi connectivity index (χ0n) is 36.9. The van der Waals surface area contributed by atoms with Crippen molar-refractivity contribution in [1.29, 1.82) is 0 Å². The van der Waals surface area contributed by atoms with E-state index < -0.39 is 12.0 Å². The molecule has 2 fully saturated rings. The molecule has 0 bridgehead atoms. The van der Waals surface area contributed by atoms with Gasteiger partial charge < -0.3 is 26.4 Å². The van der Waals surface area contributed by atoms with E-state index in [1.165, 1.54) is 41.0 Å². The molecule has 348 valence electrons. The monoisotopic (exact) mass is 880 g/mol. The van der Waals surface area contributed by atoms with Crippen LogP contribution in [0.3, 0.4) is 0 Å². The predicted octanol–water partition coefficient (Wildman–Crippen LogP) is 2.39. The van der Waals surface area contributed by atoms with E-state index in [-0.39, 0.29) is 122 Å². The molecule has 0 spiro atoms. The van der Waals surface area contributed by atoms with E-state index in [1.54, 1.807) is 0 Å². The summed E-state index contributed by atoms with van der Waals surface area (Å²) in [6.45, 7) is 3.03. The number of ketones is 3. The van der Waals surface area contributed by atoms with Crippen LogP contribution in [0.2, 0.25) is 0 Å². The van der Waals surface area contributed by atoms with Crippen molar-refractivity contribution in [3.05, 3.63) is 24.3 Å². The molecule has 0 aromatic carbocycles.